The second-order valence-electron chi connectivity index (χ2n) is 13.5. The van der Waals surface area contributed by atoms with Gasteiger partial charge in [0.25, 0.3) is 0 Å². The summed E-state index contributed by atoms with van der Waals surface area (Å²) in [5.74, 6) is 0.960. The highest BCUT2D eigenvalue weighted by Crippen LogP contribution is 2.41. The van der Waals surface area contributed by atoms with Crippen LogP contribution < -0.4 is 27.3 Å². The molecule has 244 valence electrons. The normalized spacial score (nSPS) is 11.6. The third-order valence-electron chi connectivity index (χ3n) is 10.4. The van der Waals surface area contributed by atoms with Crippen LogP contribution in [0.5, 0.6) is 0 Å². The van der Waals surface area contributed by atoms with Crippen LogP contribution in [0.1, 0.15) is 0 Å². The van der Waals surface area contributed by atoms with Gasteiger partial charge in [0.05, 0.1) is 27.7 Å². The molecule has 3 aromatic heterocycles. The van der Waals surface area contributed by atoms with E-state index in [1.165, 1.54) is 5.56 Å². The number of hydrogen-bond donors (Lipinski definition) is 0. The number of aromatic nitrogens is 4. The van der Waals surface area contributed by atoms with E-state index in [0.29, 0.717) is 22.8 Å². The number of furan rings is 1. The highest BCUT2D eigenvalue weighted by Gasteiger charge is 2.23. The van der Waals surface area contributed by atoms with Crippen molar-refractivity contribution in [3.8, 4) is 51.0 Å². The molecule has 0 N–H and O–H groups in total. The Morgan fingerprint density at radius 3 is 1.80 bits per heavy atom. The van der Waals surface area contributed by atoms with E-state index < -0.39 is 0 Å². The molecule has 0 aliphatic heterocycles. The van der Waals surface area contributed by atoms with Gasteiger partial charge in [-0.3, -0.25) is 0 Å². The number of hydrogen-bond acceptors (Lipinski definition) is 4. The number of benzene rings is 7. The maximum atomic E-state index is 6.75. The van der Waals surface area contributed by atoms with E-state index in [-0.39, 0.29) is 38.7 Å². The van der Waals surface area contributed by atoms with Crippen LogP contribution in [0, 0.1) is 0 Å². The molecular weight excluding hydrogens is 667 g/mol. The molecule has 0 aliphatic carbocycles. The molecule has 0 amide bonds. The minimum absolute atomic E-state index is 0.109. The first-order chi connectivity index (χ1) is 26.9. The molecule has 7 aromatic carbocycles. The molecule has 0 spiro atoms. The lowest BCUT2D eigenvalue weighted by molar-refractivity contribution is 0.669. The van der Waals surface area contributed by atoms with Crippen LogP contribution in [-0.2, 0) is 0 Å². The lowest BCUT2D eigenvalue weighted by Gasteiger charge is -2.20. The minimum atomic E-state index is 0.109. The van der Waals surface area contributed by atoms with Crippen molar-refractivity contribution in [2.45, 2.75) is 0 Å². The highest BCUT2D eigenvalue weighted by molar-refractivity contribution is 6.68. The molecule has 10 aromatic rings. The van der Waals surface area contributed by atoms with E-state index in [2.05, 4.69) is 83.4 Å². The maximum absolute atomic E-state index is 6.75. The molecule has 10 rings (SSSR count). The molecule has 0 bridgehead atoms. The molecule has 3 heterocycles. The third-order valence-corrected chi connectivity index (χ3v) is 10.4. The monoisotopic (exact) mass is 690 g/mol. The van der Waals surface area contributed by atoms with E-state index in [1.54, 1.807) is 0 Å². The number of rotatable bonds is 5. The van der Waals surface area contributed by atoms with Crippen LogP contribution in [-0.4, -0.2) is 58.8 Å². The Balaban J connectivity index is 1.22. The number of fused-ring (bicyclic) bond motifs is 6. The zero-order chi connectivity index (χ0) is 37.4. The van der Waals surface area contributed by atoms with Crippen LogP contribution in [0.15, 0.2) is 144 Å². The fourth-order valence-electron chi connectivity index (χ4n) is 7.65. The molecular formula is C45H23B5N4O. The number of nitrogens with zero attached hydrogens (tertiary/aromatic N) is 4. The fraction of sp³-hybridized carbons (Fsp3) is 0. The van der Waals surface area contributed by atoms with Crippen LogP contribution in [0.3, 0.4) is 0 Å². The van der Waals surface area contributed by atoms with Gasteiger partial charge in [-0.15, -0.1) is 16.4 Å². The van der Waals surface area contributed by atoms with Crippen LogP contribution in [0.2, 0.25) is 0 Å². The summed E-state index contributed by atoms with van der Waals surface area (Å²) in [7, 11) is 31.8. The van der Waals surface area contributed by atoms with Gasteiger partial charge in [-0.2, -0.15) is 0 Å². The van der Waals surface area contributed by atoms with Crippen LogP contribution in [0.4, 0.5) is 0 Å². The highest BCUT2D eigenvalue weighted by atomic mass is 16.3. The Labute approximate surface area is 323 Å². The molecule has 10 radical (unpaired) electrons. The van der Waals surface area contributed by atoms with Gasteiger partial charge in [-0.05, 0) is 47.5 Å². The molecule has 0 aliphatic rings. The van der Waals surface area contributed by atoms with Gasteiger partial charge < -0.3 is 8.98 Å². The van der Waals surface area contributed by atoms with Crippen molar-refractivity contribution >= 4 is 110 Å². The smallest absolute Gasteiger partial charge is 0.167 e. The van der Waals surface area contributed by atoms with E-state index in [0.717, 1.165) is 55.0 Å². The standard InChI is InChI=1S/C45H23B5N4O/c46-37-36(38(47)40(49)41(50)39(37)48)45-52-43(25-13-5-2-6-14-25)51-44(53-45)29-17-9-16-28-35-33(19-10-20-34(35)55-42(28)29)54-31-18-8-7-15-27(31)30-23-26(21-22-32(30)54)24-11-3-1-4-12-24/h1-23H. The lowest BCUT2D eigenvalue weighted by Crippen LogP contribution is -2.55. The van der Waals surface area contributed by atoms with E-state index in [1.807, 2.05) is 60.7 Å². The first kappa shape index (κ1) is 33.1. The van der Waals surface area contributed by atoms with Crippen molar-refractivity contribution in [1.82, 2.24) is 19.5 Å². The van der Waals surface area contributed by atoms with Gasteiger partial charge in [-0.25, -0.2) is 15.0 Å². The van der Waals surface area contributed by atoms with Gasteiger partial charge in [-0.1, -0.05) is 114 Å². The summed E-state index contributed by atoms with van der Waals surface area (Å²) in [5, 5.41) is 4.18. The van der Waals surface area contributed by atoms with Gasteiger partial charge >= 0.3 is 0 Å². The van der Waals surface area contributed by atoms with Crippen LogP contribution in [0.25, 0.3) is 94.7 Å². The quantitative estimate of drug-likeness (QED) is 0.224. The predicted molar refractivity (Wildman–Crippen MR) is 230 cm³/mol. The summed E-state index contributed by atoms with van der Waals surface area (Å²) in [4.78, 5) is 14.7. The summed E-state index contributed by atoms with van der Waals surface area (Å²) >= 11 is 0. The molecule has 5 nitrogen and oxygen atoms in total. The van der Waals surface area contributed by atoms with Gasteiger partial charge in [0.2, 0.25) is 0 Å². The molecule has 0 unspecified atom stereocenters. The molecule has 0 atom stereocenters. The Hall–Kier alpha value is -6.53. The van der Waals surface area contributed by atoms with Crippen molar-refractivity contribution < 1.29 is 4.42 Å². The molecule has 10 heteroatoms. The van der Waals surface area contributed by atoms with E-state index >= 15 is 0 Å². The van der Waals surface area contributed by atoms with E-state index in [4.69, 9.17) is 58.6 Å². The summed E-state index contributed by atoms with van der Waals surface area (Å²) in [5.41, 5.74) is 9.13. The lowest BCUT2D eigenvalue weighted by atomic mass is 9.60. The van der Waals surface area contributed by atoms with Crippen molar-refractivity contribution in [2.75, 3.05) is 0 Å². The minimum Gasteiger partial charge on any atom is -0.455 e. The number of para-hydroxylation sites is 2. The molecule has 0 saturated heterocycles. The zero-order valence-electron chi connectivity index (χ0n) is 29.4. The molecule has 0 saturated carbocycles. The second-order valence-corrected chi connectivity index (χ2v) is 13.5. The molecule has 0 fully saturated rings. The van der Waals surface area contributed by atoms with Gasteiger partial charge in [0, 0.05) is 27.3 Å². The first-order valence-electron chi connectivity index (χ1n) is 17.7. The predicted octanol–water partition coefficient (Wildman–Crippen LogP) is 5.51. The van der Waals surface area contributed by atoms with Gasteiger partial charge in [0.1, 0.15) is 50.4 Å². The Kier molecular flexibility index (Phi) is 7.70. The largest absolute Gasteiger partial charge is 0.455 e. The summed E-state index contributed by atoms with van der Waals surface area (Å²) in [6.07, 6.45) is 0. The van der Waals surface area contributed by atoms with Crippen molar-refractivity contribution in [2.24, 2.45) is 0 Å². The van der Waals surface area contributed by atoms with Crippen LogP contribution >= 0.6 is 0 Å². The topological polar surface area (TPSA) is 56.7 Å². The van der Waals surface area contributed by atoms with Crippen molar-refractivity contribution in [3.05, 3.63) is 140 Å². The third kappa shape index (κ3) is 5.19. The Morgan fingerprint density at radius 1 is 0.436 bits per heavy atom. The van der Waals surface area contributed by atoms with E-state index in [9.17, 15) is 0 Å². The summed E-state index contributed by atoms with van der Waals surface area (Å²) < 4.78 is 9.07. The Bertz CT molecular complexity index is 3130. The van der Waals surface area contributed by atoms with Crippen molar-refractivity contribution in [1.29, 1.82) is 0 Å². The SMILES string of the molecule is [B]c1c([B])c([B])c(-c2nc(-c3ccccc3)nc(-c3cccc4c3oc3cccc(-n5c6ccccc6c6cc(-c7ccccc7)ccc65)c34)n2)c([B])c1[B]. The van der Waals surface area contributed by atoms with Crippen molar-refractivity contribution in [3.63, 3.8) is 0 Å². The Morgan fingerprint density at radius 2 is 1.04 bits per heavy atom. The average molecular weight is 690 g/mol. The summed E-state index contributed by atoms with van der Waals surface area (Å²) in [6, 6.07) is 47.3. The fourth-order valence-corrected chi connectivity index (χ4v) is 7.65. The zero-order valence-corrected chi connectivity index (χ0v) is 29.4. The van der Waals surface area contributed by atoms with Gasteiger partial charge in [0.15, 0.2) is 17.5 Å². The molecule has 55 heavy (non-hydrogen) atoms. The second kappa shape index (κ2) is 12.8. The maximum Gasteiger partial charge on any atom is 0.167 e. The first-order valence-corrected chi connectivity index (χ1v) is 17.7. The average Bonchev–Trinajstić information content (AvgIpc) is 3.79. The summed E-state index contributed by atoms with van der Waals surface area (Å²) in [6.45, 7) is 0.